The number of nitrogens with zero attached hydrogens (tertiary/aromatic N) is 1. The summed E-state index contributed by atoms with van der Waals surface area (Å²) in [6.07, 6.45) is -6.48. The van der Waals surface area contributed by atoms with Crippen LogP contribution in [0.4, 0.5) is 18.0 Å². The van der Waals surface area contributed by atoms with Crippen molar-refractivity contribution in [1.82, 2.24) is 10.2 Å². The van der Waals surface area contributed by atoms with Crippen LogP contribution in [0.25, 0.3) is 11.1 Å². The van der Waals surface area contributed by atoms with Crippen molar-refractivity contribution in [3.05, 3.63) is 59.7 Å². The molecule has 1 fully saturated rings. The Morgan fingerprint density at radius 3 is 2.23 bits per heavy atom. The molecule has 1 aliphatic heterocycles. The van der Waals surface area contributed by atoms with Crippen LogP contribution in [0.5, 0.6) is 0 Å². The molecule has 1 heterocycles. The summed E-state index contributed by atoms with van der Waals surface area (Å²) in [6.45, 7) is -1.55. The van der Waals surface area contributed by atoms with E-state index >= 15 is 0 Å². The van der Waals surface area contributed by atoms with E-state index < -0.39 is 42.5 Å². The molecule has 2 aliphatic rings. The zero-order valence-corrected chi connectivity index (χ0v) is 18.4. The highest BCUT2D eigenvalue weighted by molar-refractivity contribution is 5.94. The SMILES string of the molecule is O=C(NCC#CC(=O)N1CCC(C(=O)O)(C(F)(F)F)C1)OCC1c2ccccc2-c2ccccc21. The first-order valence-corrected chi connectivity index (χ1v) is 10.8. The summed E-state index contributed by atoms with van der Waals surface area (Å²) >= 11 is 0. The number of carboxylic acid groups (broad SMARTS) is 1. The monoisotopic (exact) mass is 486 g/mol. The molecule has 35 heavy (non-hydrogen) atoms. The second-order valence-electron chi connectivity index (χ2n) is 8.34. The molecule has 1 unspecified atom stereocenters. The molecule has 2 aromatic rings. The number of rotatable bonds is 4. The standard InChI is InChI=1S/C25H21F3N2O5/c26-25(27,28)24(22(32)33)11-13-30(15-24)21(31)10-5-12-29-23(34)35-14-20-18-8-3-1-6-16(18)17-7-2-4-9-19(17)20/h1-4,6-9,20H,11-15H2,(H,29,34)(H,32,33). The van der Waals surface area contributed by atoms with E-state index in [4.69, 9.17) is 9.84 Å². The number of nitrogens with one attached hydrogen (secondary N) is 1. The van der Waals surface area contributed by atoms with E-state index in [2.05, 4.69) is 17.2 Å². The van der Waals surface area contributed by atoms with Crippen LogP contribution in [0.1, 0.15) is 23.5 Å². The summed E-state index contributed by atoms with van der Waals surface area (Å²) in [7, 11) is 0. The Morgan fingerprint density at radius 2 is 1.69 bits per heavy atom. The van der Waals surface area contributed by atoms with E-state index in [-0.39, 0.29) is 25.6 Å². The molecule has 1 saturated heterocycles. The summed E-state index contributed by atoms with van der Waals surface area (Å²) in [6, 6.07) is 15.7. The predicted octanol–water partition coefficient (Wildman–Crippen LogP) is 3.39. The van der Waals surface area contributed by atoms with Crippen molar-refractivity contribution < 1.29 is 37.4 Å². The highest BCUT2D eigenvalue weighted by Crippen LogP contribution is 2.46. The number of likely N-dealkylation sites (tertiary alicyclic amines) is 1. The van der Waals surface area contributed by atoms with Crippen LogP contribution in [0.2, 0.25) is 0 Å². The largest absolute Gasteiger partial charge is 0.481 e. The number of alkyl halides is 3. The average Bonchev–Trinajstić information content (AvgIpc) is 3.42. The molecule has 0 radical (unpaired) electrons. The van der Waals surface area contributed by atoms with Crippen molar-refractivity contribution in [3.63, 3.8) is 0 Å². The molecule has 10 heteroatoms. The van der Waals surface area contributed by atoms with Crippen molar-refractivity contribution in [2.24, 2.45) is 5.41 Å². The Morgan fingerprint density at radius 1 is 1.09 bits per heavy atom. The fourth-order valence-corrected chi connectivity index (χ4v) is 4.47. The minimum Gasteiger partial charge on any atom is -0.481 e. The second-order valence-corrected chi connectivity index (χ2v) is 8.34. The first kappa shape index (κ1) is 24.1. The lowest BCUT2D eigenvalue weighted by atomic mass is 9.86. The average molecular weight is 486 g/mol. The van der Waals surface area contributed by atoms with Crippen LogP contribution in [-0.2, 0) is 14.3 Å². The number of alkyl carbamates (subject to hydrolysis) is 1. The molecule has 2 N–H and O–H groups in total. The maximum atomic E-state index is 13.2. The number of hydrogen-bond donors (Lipinski definition) is 2. The number of ether oxygens (including phenoxy) is 1. The van der Waals surface area contributed by atoms with Gasteiger partial charge in [-0.25, -0.2) is 4.79 Å². The smallest absolute Gasteiger partial charge is 0.407 e. The van der Waals surface area contributed by atoms with Gasteiger partial charge in [-0.1, -0.05) is 54.5 Å². The molecule has 0 spiro atoms. The van der Waals surface area contributed by atoms with E-state index in [1.54, 1.807) is 0 Å². The molecule has 2 aromatic carbocycles. The molecular formula is C25H21F3N2O5. The number of carbonyl (C=O) groups is 3. The van der Waals surface area contributed by atoms with Gasteiger partial charge in [-0.2, -0.15) is 13.2 Å². The third kappa shape index (κ3) is 4.54. The van der Waals surface area contributed by atoms with Gasteiger partial charge in [-0.3, -0.25) is 9.59 Å². The molecule has 0 saturated carbocycles. The van der Waals surface area contributed by atoms with Crippen LogP contribution in [0, 0.1) is 17.3 Å². The van der Waals surface area contributed by atoms with Crippen LogP contribution in [0.15, 0.2) is 48.5 Å². The molecule has 2 amide bonds. The summed E-state index contributed by atoms with van der Waals surface area (Å²) in [5, 5.41) is 11.4. The highest BCUT2D eigenvalue weighted by atomic mass is 19.4. The summed E-state index contributed by atoms with van der Waals surface area (Å²) in [5.41, 5.74) is 1.27. The van der Waals surface area contributed by atoms with Gasteiger partial charge in [-0.15, -0.1) is 0 Å². The lowest BCUT2D eigenvalue weighted by molar-refractivity contribution is -0.227. The van der Waals surface area contributed by atoms with Gasteiger partial charge in [0, 0.05) is 19.0 Å². The Balaban J connectivity index is 1.29. The van der Waals surface area contributed by atoms with Crippen molar-refractivity contribution in [3.8, 4) is 23.0 Å². The van der Waals surface area contributed by atoms with Crippen LogP contribution < -0.4 is 5.32 Å². The zero-order chi connectivity index (χ0) is 25.2. The summed E-state index contributed by atoms with van der Waals surface area (Å²) in [4.78, 5) is 36.2. The maximum absolute atomic E-state index is 13.2. The highest BCUT2D eigenvalue weighted by Gasteiger charge is 2.64. The van der Waals surface area contributed by atoms with Gasteiger partial charge in [-0.05, 0) is 34.6 Å². The summed E-state index contributed by atoms with van der Waals surface area (Å²) < 4.78 is 45.0. The van der Waals surface area contributed by atoms with Crippen molar-refractivity contribution >= 4 is 18.0 Å². The number of amides is 2. The fourth-order valence-electron chi connectivity index (χ4n) is 4.47. The molecule has 7 nitrogen and oxygen atoms in total. The Labute approximate surface area is 198 Å². The Kier molecular flexibility index (Phi) is 6.43. The molecule has 1 aliphatic carbocycles. The maximum Gasteiger partial charge on any atom is 0.407 e. The molecule has 0 aromatic heterocycles. The summed E-state index contributed by atoms with van der Waals surface area (Å²) in [5.74, 6) is 1.42. The fraction of sp³-hybridized carbons (Fsp3) is 0.320. The molecule has 4 rings (SSSR count). The van der Waals surface area contributed by atoms with Gasteiger partial charge >= 0.3 is 18.2 Å². The lowest BCUT2D eigenvalue weighted by Gasteiger charge is -2.26. The van der Waals surface area contributed by atoms with Crippen molar-refractivity contribution in [2.75, 3.05) is 26.2 Å². The quantitative estimate of drug-likeness (QED) is 0.646. The Bertz CT molecular complexity index is 1190. The number of halogens is 3. The third-order valence-corrected chi connectivity index (χ3v) is 6.37. The number of fused-ring (bicyclic) bond motifs is 3. The van der Waals surface area contributed by atoms with Gasteiger partial charge < -0.3 is 20.1 Å². The normalized spacial score (nSPS) is 18.8. The van der Waals surface area contributed by atoms with E-state index in [0.29, 0.717) is 0 Å². The molecule has 1 atom stereocenters. The Hall–Kier alpha value is -4.00. The third-order valence-electron chi connectivity index (χ3n) is 6.37. The van der Waals surface area contributed by atoms with Crippen molar-refractivity contribution in [1.29, 1.82) is 0 Å². The van der Waals surface area contributed by atoms with Crippen LogP contribution >= 0.6 is 0 Å². The first-order valence-electron chi connectivity index (χ1n) is 10.8. The topological polar surface area (TPSA) is 95.9 Å². The number of carboxylic acids is 1. The van der Waals surface area contributed by atoms with Crippen LogP contribution in [0.3, 0.4) is 0 Å². The molecule has 0 bridgehead atoms. The minimum atomic E-state index is -4.99. The number of carbonyl (C=O) groups excluding carboxylic acids is 2. The molecular weight excluding hydrogens is 465 g/mol. The van der Waals surface area contributed by atoms with Gasteiger partial charge in [0.1, 0.15) is 6.61 Å². The zero-order valence-electron chi connectivity index (χ0n) is 18.4. The number of aliphatic carboxylic acids is 1. The first-order chi connectivity index (χ1) is 16.6. The van der Waals surface area contributed by atoms with E-state index in [1.165, 1.54) is 0 Å². The van der Waals surface area contributed by atoms with Gasteiger partial charge in [0.25, 0.3) is 5.91 Å². The van der Waals surface area contributed by atoms with Gasteiger partial charge in [0.15, 0.2) is 5.41 Å². The van der Waals surface area contributed by atoms with Gasteiger partial charge in [0.2, 0.25) is 0 Å². The second kappa shape index (κ2) is 9.33. The number of hydrogen-bond acceptors (Lipinski definition) is 4. The minimum absolute atomic E-state index is 0.0920. The van der Waals surface area contributed by atoms with Crippen molar-refractivity contribution in [2.45, 2.75) is 18.5 Å². The van der Waals surface area contributed by atoms with Crippen LogP contribution in [-0.4, -0.2) is 60.4 Å². The van der Waals surface area contributed by atoms with E-state index in [1.807, 2.05) is 48.5 Å². The van der Waals surface area contributed by atoms with E-state index in [0.717, 1.165) is 27.2 Å². The molecule has 182 valence electrons. The number of benzene rings is 2. The van der Waals surface area contributed by atoms with Gasteiger partial charge in [0.05, 0.1) is 6.54 Å². The van der Waals surface area contributed by atoms with E-state index in [9.17, 15) is 27.6 Å². The lowest BCUT2D eigenvalue weighted by Crippen LogP contribution is -2.47. The predicted molar refractivity (Wildman–Crippen MR) is 118 cm³/mol.